The van der Waals surface area contributed by atoms with E-state index in [-0.39, 0.29) is 37.3 Å². The number of nitrogens with one attached hydrogen (secondary N) is 2. The van der Waals surface area contributed by atoms with E-state index >= 15 is 0 Å². The molecule has 0 saturated carbocycles. The van der Waals surface area contributed by atoms with Gasteiger partial charge in [0.1, 0.15) is 5.75 Å². The van der Waals surface area contributed by atoms with Gasteiger partial charge in [-0.1, -0.05) is 35.9 Å². The van der Waals surface area contributed by atoms with Gasteiger partial charge in [0.2, 0.25) is 0 Å². The summed E-state index contributed by atoms with van der Waals surface area (Å²) in [4.78, 5) is 39.7. The fourth-order valence-electron chi connectivity index (χ4n) is 4.33. The lowest BCUT2D eigenvalue weighted by atomic mass is 9.87. The van der Waals surface area contributed by atoms with Gasteiger partial charge in [-0.05, 0) is 72.5 Å². The number of rotatable bonds is 11. The Morgan fingerprint density at radius 1 is 0.950 bits per heavy atom. The molecule has 1 amide bonds. The van der Waals surface area contributed by atoms with Crippen LogP contribution in [0.25, 0.3) is 10.9 Å². The highest BCUT2D eigenvalue weighted by Crippen LogP contribution is 2.27. The van der Waals surface area contributed by atoms with Crippen molar-refractivity contribution in [1.29, 1.82) is 0 Å². The quantitative estimate of drug-likeness (QED) is 0.185. The Hall–Kier alpha value is -4.31. The fraction of sp³-hybridized carbons (Fsp3) is 0.207. The van der Waals surface area contributed by atoms with Crippen molar-refractivity contribution in [3.05, 3.63) is 100 Å². The molecule has 0 bridgehead atoms. The summed E-state index contributed by atoms with van der Waals surface area (Å²) in [6.45, 7) is -0.0146. The van der Waals surface area contributed by atoms with Crippen LogP contribution in [0.4, 0.5) is 13.2 Å². The first-order chi connectivity index (χ1) is 19.0. The number of carbonyl (C=O) groups excluding carboxylic acids is 2. The molecule has 11 heteroatoms. The third kappa shape index (κ3) is 7.86. The molecule has 0 aliphatic rings. The van der Waals surface area contributed by atoms with Crippen molar-refractivity contribution in [3.63, 3.8) is 0 Å². The first-order valence-corrected chi connectivity index (χ1v) is 12.6. The van der Waals surface area contributed by atoms with Crippen LogP contribution in [0.15, 0.2) is 72.8 Å². The number of carboxylic acid groups (broad SMARTS) is 1. The zero-order chi connectivity index (χ0) is 28.9. The summed E-state index contributed by atoms with van der Waals surface area (Å²) in [7, 11) is 0. The number of amides is 1. The van der Waals surface area contributed by atoms with E-state index in [1.165, 1.54) is 18.2 Å². The minimum Gasteiger partial charge on any atom is -0.481 e. The number of aromatic nitrogens is 1. The van der Waals surface area contributed by atoms with Gasteiger partial charge in [0.05, 0.1) is 12.1 Å². The van der Waals surface area contributed by atoms with Crippen LogP contribution in [0.2, 0.25) is 5.02 Å². The Labute approximate surface area is 231 Å². The second-order valence-electron chi connectivity index (χ2n) is 9.18. The van der Waals surface area contributed by atoms with E-state index in [2.05, 4.69) is 15.0 Å². The number of ketones is 1. The second-order valence-corrected chi connectivity index (χ2v) is 9.61. The fourth-order valence-corrected chi connectivity index (χ4v) is 4.51. The lowest BCUT2D eigenvalue weighted by Gasteiger charge is -2.17. The summed E-state index contributed by atoms with van der Waals surface area (Å²) in [5.74, 6) is -2.75. The maximum atomic E-state index is 13.7. The van der Waals surface area contributed by atoms with E-state index in [4.69, 9.17) is 16.7 Å². The van der Waals surface area contributed by atoms with E-state index < -0.39 is 24.2 Å². The number of H-pyrrole nitrogens is 1. The lowest BCUT2D eigenvalue weighted by molar-refractivity contribution is -0.274. The van der Waals surface area contributed by atoms with E-state index in [0.717, 1.165) is 10.9 Å². The van der Waals surface area contributed by atoms with Gasteiger partial charge < -0.3 is 20.1 Å². The largest absolute Gasteiger partial charge is 0.573 e. The molecule has 1 heterocycles. The van der Waals surface area contributed by atoms with Crippen LogP contribution in [0.3, 0.4) is 0 Å². The van der Waals surface area contributed by atoms with E-state index in [0.29, 0.717) is 27.4 Å². The molecule has 4 aromatic rings. The lowest BCUT2D eigenvalue weighted by Crippen LogP contribution is -2.26. The van der Waals surface area contributed by atoms with Gasteiger partial charge >= 0.3 is 12.3 Å². The standard InChI is InChI=1S/C29H24ClF3N2O5/c30-22-8-9-24-20(15-22)16-25(35-24)27(38)21(13-18-2-1-3-23(14-18)40-29(31,32)33)12-17-4-6-19(7-5-17)28(39)34-11-10-26(36)37/h1-9,14-16,21,35H,10-13H2,(H,34,39)(H,36,37). The highest BCUT2D eigenvalue weighted by molar-refractivity contribution is 6.31. The number of alkyl halides is 3. The predicted octanol–water partition coefficient (Wildman–Crippen LogP) is 6.21. The molecule has 1 unspecified atom stereocenters. The monoisotopic (exact) mass is 572 g/mol. The Morgan fingerprint density at radius 3 is 2.38 bits per heavy atom. The SMILES string of the molecule is O=C(O)CCNC(=O)c1ccc(CC(Cc2cccc(OC(F)(F)F)c2)C(=O)c2cc3cc(Cl)ccc3[nH]2)cc1. The topological polar surface area (TPSA) is 108 Å². The van der Waals surface area contributed by atoms with Crippen LogP contribution in [0, 0.1) is 5.92 Å². The average Bonchev–Trinajstić information content (AvgIpc) is 3.30. The molecule has 0 spiro atoms. The number of hydrogen-bond donors (Lipinski definition) is 3. The van der Waals surface area contributed by atoms with Gasteiger partial charge in [0.15, 0.2) is 5.78 Å². The maximum Gasteiger partial charge on any atom is 0.573 e. The molecule has 4 rings (SSSR count). The molecular formula is C29H24ClF3N2O5. The molecule has 0 aliphatic carbocycles. The summed E-state index contributed by atoms with van der Waals surface area (Å²) >= 11 is 6.08. The van der Waals surface area contributed by atoms with Gasteiger partial charge in [0.25, 0.3) is 5.91 Å². The Bertz CT molecular complexity index is 1530. The highest BCUT2D eigenvalue weighted by atomic mass is 35.5. The van der Waals surface area contributed by atoms with Crippen LogP contribution in [0.5, 0.6) is 5.75 Å². The number of halogens is 4. The summed E-state index contributed by atoms with van der Waals surface area (Å²) in [5.41, 5.74) is 2.57. The minimum absolute atomic E-state index is 0.0146. The van der Waals surface area contributed by atoms with Gasteiger partial charge in [-0.15, -0.1) is 13.2 Å². The number of aliphatic carboxylic acids is 1. The van der Waals surface area contributed by atoms with Crippen LogP contribution < -0.4 is 10.1 Å². The molecule has 1 atom stereocenters. The third-order valence-corrected chi connectivity index (χ3v) is 6.39. The predicted molar refractivity (Wildman–Crippen MR) is 143 cm³/mol. The number of aromatic amines is 1. The molecular weight excluding hydrogens is 549 g/mol. The minimum atomic E-state index is -4.85. The smallest absolute Gasteiger partial charge is 0.481 e. The number of fused-ring (bicyclic) bond motifs is 1. The molecule has 0 aliphatic heterocycles. The second kappa shape index (κ2) is 12.3. The first kappa shape index (κ1) is 28.7. The molecule has 208 valence electrons. The van der Waals surface area contributed by atoms with E-state index in [1.807, 2.05) is 0 Å². The molecule has 0 fully saturated rings. The Balaban J connectivity index is 1.57. The van der Waals surface area contributed by atoms with Crippen molar-refractivity contribution in [2.45, 2.75) is 25.6 Å². The Morgan fingerprint density at radius 2 is 1.68 bits per heavy atom. The van der Waals surface area contributed by atoms with Gasteiger partial charge in [-0.3, -0.25) is 14.4 Å². The van der Waals surface area contributed by atoms with Gasteiger partial charge in [-0.2, -0.15) is 0 Å². The number of Topliss-reactive ketones (excluding diaryl/α,β-unsaturated/α-hetero) is 1. The number of carbonyl (C=O) groups is 3. The summed E-state index contributed by atoms with van der Waals surface area (Å²) in [6, 6.07) is 18.8. The van der Waals surface area contributed by atoms with Gasteiger partial charge in [-0.25, -0.2) is 0 Å². The van der Waals surface area contributed by atoms with Crippen LogP contribution in [0.1, 0.15) is 38.4 Å². The number of benzene rings is 3. The molecule has 1 aromatic heterocycles. The molecule has 3 N–H and O–H groups in total. The highest BCUT2D eigenvalue weighted by Gasteiger charge is 2.31. The summed E-state index contributed by atoms with van der Waals surface area (Å²) < 4.78 is 42.3. The molecule has 40 heavy (non-hydrogen) atoms. The molecule has 3 aromatic carbocycles. The van der Waals surface area contributed by atoms with Gasteiger partial charge in [0, 0.05) is 34.0 Å². The number of hydrogen-bond acceptors (Lipinski definition) is 4. The van der Waals surface area contributed by atoms with Crippen LogP contribution >= 0.6 is 11.6 Å². The van der Waals surface area contributed by atoms with Crippen molar-refractivity contribution in [1.82, 2.24) is 10.3 Å². The summed E-state index contributed by atoms with van der Waals surface area (Å²) in [5, 5.41) is 12.5. The van der Waals surface area contributed by atoms with Crippen LogP contribution in [-0.2, 0) is 17.6 Å². The van der Waals surface area contributed by atoms with Crippen LogP contribution in [-0.4, -0.2) is 40.7 Å². The molecule has 7 nitrogen and oxygen atoms in total. The Kier molecular flexibility index (Phi) is 8.79. The van der Waals surface area contributed by atoms with Crippen molar-refractivity contribution in [2.75, 3.05) is 6.54 Å². The van der Waals surface area contributed by atoms with Crippen molar-refractivity contribution < 1.29 is 37.4 Å². The van der Waals surface area contributed by atoms with E-state index in [9.17, 15) is 27.6 Å². The number of carboxylic acids is 1. The maximum absolute atomic E-state index is 13.7. The zero-order valence-corrected chi connectivity index (χ0v) is 21.7. The summed E-state index contributed by atoms with van der Waals surface area (Å²) in [6.07, 6.45) is -4.69. The van der Waals surface area contributed by atoms with Crippen molar-refractivity contribution in [3.8, 4) is 5.75 Å². The average molecular weight is 573 g/mol. The zero-order valence-electron chi connectivity index (χ0n) is 20.9. The normalized spacial score (nSPS) is 12.2. The molecule has 0 saturated heterocycles. The van der Waals surface area contributed by atoms with E-state index in [1.54, 1.807) is 54.6 Å². The first-order valence-electron chi connectivity index (χ1n) is 12.2. The number of ether oxygens (including phenoxy) is 1. The molecule has 0 radical (unpaired) electrons. The third-order valence-electron chi connectivity index (χ3n) is 6.16. The van der Waals surface area contributed by atoms with Crippen molar-refractivity contribution >= 4 is 40.2 Å². The van der Waals surface area contributed by atoms with Crippen molar-refractivity contribution in [2.24, 2.45) is 5.92 Å².